The minimum atomic E-state index is -0.154. The van der Waals surface area contributed by atoms with Crippen molar-refractivity contribution in [3.8, 4) is 0 Å². The number of nitrogens with two attached hydrogens (primary N) is 1. The van der Waals surface area contributed by atoms with E-state index in [1.165, 1.54) is 88.2 Å². The van der Waals surface area contributed by atoms with Crippen LogP contribution in [0.15, 0.2) is 0 Å². The van der Waals surface area contributed by atoms with Gasteiger partial charge in [-0.15, -0.1) is 0 Å². The molecule has 0 saturated heterocycles. The van der Waals surface area contributed by atoms with E-state index in [-0.39, 0.29) is 5.91 Å². The van der Waals surface area contributed by atoms with Crippen molar-refractivity contribution < 1.29 is 9.28 Å². The lowest BCUT2D eigenvalue weighted by Gasteiger charge is -2.45. The molecule has 3 heteroatoms. The molecule has 0 aliphatic carbocycles. The van der Waals surface area contributed by atoms with E-state index in [2.05, 4.69) is 34.6 Å². The fourth-order valence-corrected chi connectivity index (χ4v) is 4.65. The van der Waals surface area contributed by atoms with Gasteiger partial charge in [0, 0.05) is 6.42 Å². The minimum Gasteiger partial charge on any atom is -0.370 e. The van der Waals surface area contributed by atoms with Crippen LogP contribution >= 0.6 is 0 Å². The van der Waals surface area contributed by atoms with Gasteiger partial charge in [-0.05, 0) is 53.9 Å². The molecule has 27 heavy (non-hydrogen) atoms. The molecule has 0 bridgehead atoms. The van der Waals surface area contributed by atoms with Gasteiger partial charge in [-0.1, -0.05) is 64.2 Å². The van der Waals surface area contributed by atoms with Gasteiger partial charge in [-0.25, -0.2) is 0 Å². The van der Waals surface area contributed by atoms with Gasteiger partial charge in [-0.3, -0.25) is 4.79 Å². The summed E-state index contributed by atoms with van der Waals surface area (Å²) < 4.78 is 1.28. The number of carbonyl (C=O) groups is 1. The van der Waals surface area contributed by atoms with Gasteiger partial charge in [0.1, 0.15) is 0 Å². The van der Waals surface area contributed by atoms with Crippen LogP contribution in [0.2, 0.25) is 0 Å². The molecule has 0 heterocycles. The van der Waals surface area contributed by atoms with Gasteiger partial charge in [0.15, 0.2) is 0 Å². The molecule has 0 rings (SSSR count). The molecule has 0 radical (unpaired) electrons. The van der Waals surface area contributed by atoms with E-state index in [0.717, 1.165) is 24.9 Å². The molecule has 162 valence electrons. The smallest absolute Gasteiger partial charge is 0.217 e. The quantitative estimate of drug-likeness (QED) is 0.198. The van der Waals surface area contributed by atoms with E-state index in [1.54, 1.807) is 0 Å². The third-order valence-corrected chi connectivity index (χ3v) is 6.64. The second kappa shape index (κ2) is 16.4. The maximum atomic E-state index is 10.7. The fraction of sp³-hybridized carbons (Fsp3) is 0.958. The van der Waals surface area contributed by atoms with Crippen LogP contribution < -0.4 is 5.73 Å². The highest BCUT2D eigenvalue weighted by molar-refractivity contribution is 5.73. The first-order valence-electron chi connectivity index (χ1n) is 12.0. The summed E-state index contributed by atoms with van der Waals surface area (Å²) in [6, 6.07) is 1.47. The van der Waals surface area contributed by atoms with Gasteiger partial charge >= 0.3 is 0 Å². The van der Waals surface area contributed by atoms with Crippen LogP contribution in [0.5, 0.6) is 0 Å². The molecule has 0 atom stereocenters. The third-order valence-electron chi connectivity index (χ3n) is 6.64. The standard InChI is InChI=1S/C24H50N2O/c1-6-26(22(2)3,23(4)5)21-19-17-15-13-11-9-7-8-10-12-14-16-18-20-24(25)27/h22-23H,6-21H2,1-5H3,(H-,25,27)/p+1. The number of nitrogens with zero attached hydrogens (tertiary/aromatic N) is 1. The Bertz CT molecular complexity index is 344. The Morgan fingerprint density at radius 2 is 1.00 bits per heavy atom. The number of primary amides is 1. The molecule has 0 fully saturated rings. The zero-order chi connectivity index (χ0) is 20.5. The van der Waals surface area contributed by atoms with Crippen LogP contribution in [-0.4, -0.2) is 35.6 Å². The lowest BCUT2D eigenvalue weighted by Crippen LogP contribution is -2.58. The summed E-state index contributed by atoms with van der Waals surface area (Å²) in [4.78, 5) is 10.7. The second-order valence-corrected chi connectivity index (χ2v) is 9.14. The Balaban J connectivity index is 3.46. The zero-order valence-electron chi connectivity index (χ0n) is 19.4. The van der Waals surface area contributed by atoms with Crippen molar-refractivity contribution >= 4 is 5.91 Å². The van der Waals surface area contributed by atoms with Crippen molar-refractivity contribution in [2.45, 2.75) is 137 Å². The maximum Gasteiger partial charge on any atom is 0.217 e. The number of quaternary nitrogens is 1. The monoisotopic (exact) mass is 383 g/mol. The molecule has 0 aromatic heterocycles. The fourth-order valence-electron chi connectivity index (χ4n) is 4.65. The average Bonchev–Trinajstić information content (AvgIpc) is 2.60. The van der Waals surface area contributed by atoms with Crippen LogP contribution in [-0.2, 0) is 4.79 Å². The summed E-state index contributed by atoms with van der Waals surface area (Å²) in [6.07, 6.45) is 17.9. The molecule has 0 aromatic carbocycles. The Morgan fingerprint density at radius 1 is 0.667 bits per heavy atom. The van der Waals surface area contributed by atoms with Crippen molar-refractivity contribution in [1.82, 2.24) is 0 Å². The molecule has 0 spiro atoms. The van der Waals surface area contributed by atoms with Crippen LogP contribution in [0.25, 0.3) is 0 Å². The number of hydrogen-bond acceptors (Lipinski definition) is 1. The van der Waals surface area contributed by atoms with Gasteiger partial charge in [0.2, 0.25) is 5.91 Å². The largest absolute Gasteiger partial charge is 0.370 e. The summed E-state index contributed by atoms with van der Waals surface area (Å²) in [7, 11) is 0. The first kappa shape index (κ1) is 26.4. The van der Waals surface area contributed by atoms with E-state index in [4.69, 9.17) is 5.73 Å². The van der Waals surface area contributed by atoms with E-state index in [1.807, 2.05) is 0 Å². The molecule has 1 amide bonds. The van der Waals surface area contributed by atoms with Crippen molar-refractivity contribution in [2.75, 3.05) is 13.1 Å². The lowest BCUT2D eigenvalue weighted by molar-refractivity contribution is -0.965. The van der Waals surface area contributed by atoms with Gasteiger partial charge < -0.3 is 10.2 Å². The van der Waals surface area contributed by atoms with Crippen molar-refractivity contribution in [3.05, 3.63) is 0 Å². The number of rotatable bonds is 19. The zero-order valence-corrected chi connectivity index (χ0v) is 19.4. The first-order valence-corrected chi connectivity index (χ1v) is 12.0. The maximum absolute atomic E-state index is 10.7. The molecule has 0 aliphatic rings. The Kier molecular flexibility index (Phi) is 16.0. The Morgan fingerprint density at radius 3 is 1.30 bits per heavy atom. The summed E-state index contributed by atoms with van der Waals surface area (Å²) in [5.74, 6) is -0.154. The van der Waals surface area contributed by atoms with Crippen LogP contribution in [0.4, 0.5) is 0 Å². The van der Waals surface area contributed by atoms with Crippen LogP contribution in [0, 0.1) is 0 Å². The Hall–Kier alpha value is -0.570. The third kappa shape index (κ3) is 12.5. The number of amides is 1. The summed E-state index contributed by atoms with van der Waals surface area (Å²) in [6.45, 7) is 14.6. The van der Waals surface area contributed by atoms with E-state index in [0.29, 0.717) is 6.42 Å². The summed E-state index contributed by atoms with van der Waals surface area (Å²) in [5.41, 5.74) is 5.15. The second-order valence-electron chi connectivity index (χ2n) is 9.14. The SMILES string of the molecule is CC[N+](CCCCCCCCCCCCCCCC(N)=O)(C(C)C)C(C)C. The first-order chi connectivity index (χ1) is 12.9. The molecule has 0 saturated carbocycles. The number of hydrogen-bond donors (Lipinski definition) is 1. The van der Waals surface area contributed by atoms with Crippen molar-refractivity contribution in [3.63, 3.8) is 0 Å². The molecule has 3 nitrogen and oxygen atoms in total. The highest BCUT2D eigenvalue weighted by Crippen LogP contribution is 2.21. The molecule has 2 N–H and O–H groups in total. The van der Waals surface area contributed by atoms with E-state index in [9.17, 15) is 4.79 Å². The summed E-state index contributed by atoms with van der Waals surface area (Å²) in [5, 5.41) is 0. The lowest BCUT2D eigenvalue weighted by atomic mass is 10.0. The number of unbranched alkanes of at least 4 members (excludes halogenated alkanes) is 12. The molecule has 0 aliphatic heterocycles. The van der Waals surface area contributed by atoms with Crippen molar-refractivity contribution in [1.29, 1.82) is 0 Å². The van der Waals surface area contributed by atoms with E-state index < -0.39 is 0 Å². The van der Waals surface area contributed by atoms with Gasteiger partial charge in [0.25, 0.3) is 0 Å². The average molecular weight is 384 g/mol. The van der Waals surface area contributed by atoms with Gasteiger partial charge in [0.05, 0.1) is 25.2 Å². The summed E-state index contributed by atoms with van der Waals surface area (Å²) >= 11 is 0. The number of carbonyl (C=O) groups excluding carboxylic acids is 1. The van der Waals surface area contributed by atoms with E-state index >= 15 is 0 Å². The normalized spacial score (nSPS) is 12.3. The predicted octanol–water partition coefficient (Wildman–Crippen LogP) is 6.59. The highest BCUT2D eigenvalue weighted by atomic mass is 16.1. The minimum absolute atomic E-state index is 0.154. The van der Waals surface area contributed by atoms with Crippen molar-refractivity contribution in [2.24, 2.45) is 5.73 Å². The highest BCUT2D eigenvalue weighted by Gasteiger charge is 2.31. The molecular formula is C24H51N2O+. The van der Waals surface area contributed by atoms with Crippen LogP contribution in [0.3, 0.4) is 0 Å². The molecule has 0 unspecified atom stereocenters. The van der Waals surface area contributed by atoms with Crippen LogP contribution in [0.1, 0.15) is 125 Å². The van der Waals surface area contributed by atoms with Gasteiger partial charge in [-0.2, -0.15) is 0 Å². The Labute approximate surface area is 171 Å². The molecule has 0 aromatic rings. The molecular weight excluding hydrogens is 332 g/mol. The topological polar surface area (TPSA) is 43.1 Å². The predicted molar refractivity (Wildman–Crippen MR) is 120 cm³/mol.